The molecule has 0 aliphatic carbocycles. The van der Waals surface area contributed by atoms with Crippen LogP contribution in [0.4, 0.5) is 0 Å². The molecule has 0 aromatic rings. The van der Waals surface area contributed by atoms with E-state index in [1.807, 2.05) is 0 Å². The first kappa shape index (κ1) is 11.9. The van der Waals surface area contributed by atoms with Crippen LogP contribution in [0.3, 0.4) is 0 Å². The molecule has 2 nitrogen and oxygen atoms in total. The van der Waals surface area contributed by atoms with E-state index in [4.69, 9.17) is 5.73 Å². The summed E-state index contributed by atoms with van der Waals surface area (Å²) in [5.41, 5.74) is 5.41. The highest BCUT2D eigenvalue weighted by atomic mass is 15.1. The van der Waals surface area contributed by atoms with E-state index in [0.29, 0.717) is 0 Å². The number of rotatable bonds is 8. The summed E-state index contributed by atoms with van der Waals surface area (Å²) in [5, 5.41) is 0. The SMILES string of the molecule is CCN(CC)CCCCCCN. The van der Waals surface area contributed by atoms with Gasteiger partial charge in [-0.3, -0.25) is 0 Å². The van der Waals surface area contributed by atoms with Crippen LogP contribution < -0.4 is 5.73 Å². The van der Waals surface area contributed by atoms with Crippen molar-refractivity contribution in [3.63, 3.8) is 0 Å². The molecule has 0 fully saturated rings. The summed E-state index contributed by atoms with van der Waals surface area (Å²) in [5.74, 6) is 0. The fourth-order valence-corrected chi connectivity index (χ4v) is 1.37. The van der Waals surface area contributed by atoms with Crippen molar-refractivity contribution in [1.29, 1.82) is 0 Å². The maximum absolute atomic E-state index is 5.41. The quantitative estimate of drug-likeness (QED) is 0.566. The predicted octanol–water partition coefficient (Wildman–Crippen LogP) is 1.85. The number of nitrogens with zero attached hydrogens (tertiary/aromatic N) is 1. The molecule has 0 aromatic carbocycles. The van der Waals surface area contributed by atoms with Crippen molar-refractivity contribution in [2.45, 2.75) is 39.5 Å². The fourth-order valence-electron chi connectivity index (χ4n) is 1.37. The van der Waals surface area contributed by atoms with E-state index in [-0.39, 0.29) is 0 Å². The Balaban J connectivity index is 3.06. The van der Waals surface area contributed by atoms with Gasteiger partial charge in [-0.15, -0.1) is 0 Å². The van der Waals surface area contributed by atoms with Crippen LogP contribution in [0.25, 0.3) is 0 Å². The molecule has 0 saturated heterocycles. The molecule has 2 N–H and O–H groups in total. The molecule has 0 saturated carbocycles. The first-order chi connectivity index (χ1) is 5.85. The van der Waals surface area contributed by atoms with Gasteiger partial charge in [0.1, 0.15) is 0 Å². The van der Waals surface area contributed by atoms with E-state index in [1.165, 1.54) is 45.3 Å². The Morgan fingerprint density at radius 2 is 1.50 bits per heavy atom. The molecule has 12 heavy (non-hydrogen) atoms. The van der Waals surface area contributed by atoms with Crippen molar-refractivity contribution in [3.05, 3.63) is 0 Å². The maximum atomic E-state index is 5.41. The van der Waals surface area contributed by atoms with Gasteiger partial charge < -0.3 is 10.6 Å². The van der Waals surface area contributed by atoms with E-state index in [1.54, 1.807) is 0 Å². The second kappa shape index (κ2) is 9.01. The first-order valence-electron chi connectivity index (χ1n) is 5.27. The van der Waals surface area contributed by atoms with Gasteiger partial charge in [0, 0.05) is 0 Å². The lowest BCUT2D eigenvalue weighted by Crippen LogP contribution is -2.23. The molecular formula is C10H24N2. The third-order valence-electron chi connectivity index (χ3n) is 2.32. The van der Waals surface area contributed by atoms with E-state index >= 15 is 0 Å². The van der Waals surface area contributed by atoms with E-state index < -0.39 is 0 Å². The third-order valence-corrected chi connectivity index (χ3v) is 2.32. The molecule has 2 heteroatoms. The lowest BCUT2D eigenvalue weighted by molar-refractivity contribution is 0.295. The minimum absolute atomic E-state index is 0.852. The number of hydrogen-bond donors (Lipinski definition) is 1. The zero-order valence-corrected chi connectivity index (χ0v) is 8.68. The maximum Gasteiger partial charge on any atom is -0.00190 e. The Kier molecular flexibility index (Phi) is 8.95. The normalized spacial score (nSPS) is 11.0. The van der Waals surface area contributed by atoms with Crippen LogP contribution in [0.15, 0.2) is 0 Å². The Labute approximate surface area is 77.1 Å². The molecule has 0 aliphatic heterocycles. The van der Waals surface area contributed by atoms with E-state index in [0.717, 1.165) is 6.54 Å². The summed E-state index contributed by atoms with van der Waals surface area (Å²) < 4.78 is 0. The van der Waals surface area contributed by atoms with Gasteiger partial charge in [0.15, 0.2) is 0 Å². The van der Waals surface area contributed by atoms with Crippen LogP contribution in [0, 0.1) is 0 Å². The average Bonchev–Trinajstić information content (AvgIpc) is 2.11. The van der Waals surface area contributed by atoms with Gasteiger partial charge in [0.25, 0.3) is 0 Å². The monoisotopic (exact) mass is 172 g/mol. The van der Waals surface area contributed by atoms with Crippen LogP contribution >= 0.6 is 0 Å². The van der Waals surface area contributed by atoms with Crippen molar-refractivity contribution in [2.24, 2.45) is 5.73 Å². The molecule has 0 atom stereocenters. The Morgan fingerprint density at radius 1 is 0.917 bits per heavy atom. The molecule has 0 unspecified atom stereocenters. The van der Waals surface area contributed by atoms with Gasteiger partial charge in [0.05, 0.1) is 0 Å². The van der Waals surface area contributed by atoms with E-state index in [2.05, 4.69) is 18.7 Å². The van der Waals surface area contributed by atoms with Gasteiger partial charge in [-0.1, -0.05) is 26.7 Å². The van der Waals surface area contributed by atoms with E-state index in [9.17, 15) is 0 Å². The van der Waals surface area contributed by atoms with Crippen LogP contribution in [0.1, 0.15) is 39.5 Å². The zero-order valence-electron chi connectivity index (χ0n) is 8.68. The van der Waals surface area contributed by atoms with Crippen LogP contribution in [0.5, 0.6) is 0 Å². The van der Waals surface area contributed by atoms with Crippen molar-refractivity contribution in [2.75, 3.05) is 26.2 Å². The van der Waals surface area contributed by atoms with Crippen molar-refractivity contribution in [1.82, 2.24) is 4.90 Å². The van der Waals surface area contributed by atoms with Crippen LogP contribution in [0.2, 0.25) is 0 Å². The highest BCUT2D eigenvalue weighted by molar-refractivity contribution is 4.52. The zero-order chi connectivity index (χ0) is 9.23. The second-order valence-electron chi connectivity index (χ2n) is 3.23. The molecular weight excluding hydrogens is 148 g/mol. The van der Waals surface area contributed by atoms with Crippen LogP contribution in [-0.2, 0) is 0 Å². The topological polar surface area (TPSA) is 29.3 Å². The Bertz CT molecular complexity index is 79.9. The van der Waals surface area contributed by atoms with Crippen molar-refractivity contribution >= 4 is 0 Å². The summed E-state index contributed by atoms with van der Waals surface area (Å²) in [7, 11) is 0. The predicted molar refractivity (Wildman–Crippen MR) is 55.3 cm³/mol. The van der Waals surface area contributed by atoms with Crippen molar-refractivity contribution in [3.8, 4) is 0 Å². The lowest BCUT2D eigenvalue weighted by Gasteiger charge is -2.17. The third kappa shape index (κ3) is 6.62. The highest BCUT2D eigenvalue weighted by Crippen LogP contribution is 2.00. The Hall–Kier alpha value is -0.0800. The molecule has 0 aliphatic rings. The summed E-state index contributed by atoms with van der Waals surface area (Å²) in [4.78, 5) is 2.47. The molecule has 74 valence electrons. The summed E-state index contributed by atoms with van der Waals surface area (Å²) in [6.45, 7) is 8.94. The Morgan fingerprint density at radius 3 is 2.00 bits per heavy atom. The molecule has 0 rings (SSSR count). The van der Waals surface area contributed by atoms with Gasteiger partial charge in [-0.2, -0.15) is 0 Å². The van der Waals surface area contributed by atoms with Gasteiger partial charge >= 0.3 is 0 Å². The van der Waals surface area contributed by atoms with Crippen molar-refractivity contribution < 1.29 is 0 Å². The second-order valence-corrected chi connectivity index (χ2v) is 3.23. The summed E-state index contributed by atoms with van der Waals surface area (Å²) >= 11 is 0. The number of unbranched alkanes of at least 4 members (excludes halogenated alkanes) is 3. The molecule has 0 amide bonds. The standard InChI is InChI=1S/C10H24N2/c1-3-12(4-2)10-8-6-5-7-9-11/h3-11H2,1-2H3. The number of hydrogen-bond acceptors (Lipinski definition) is 2. The molecule has 0 heterocycles. The lowest BCUT2D eigenvalue weighted by atomic mass is 10.2. The summed E-state index contributed by atoms with van der Waals surface area (Å²) in [6.07, 6.45) is 5.17. The highest BCUT2D eigenvalue weighted by Gasteiger charge is 1.97. The fraction of sp³-hybridized carbons (Fsp3) is 1.00. The number of nitrogens with two attached hydrogens (primary N) is 1. The minimum Gasteiger partial charge on any atom is -0.330 e. The minimum atomic E-state index is 0.852. The van der Waals surface area contributed by atoms with Gasteiger partial charge in [-0.25, -0.2) is 0 Å². The van der Waals surface area contributed by atoms with Crippen LogP contribution in [-0.4, -0.2) is 31.1 Å². The van der Waals surface area contributed by atoms with Gasteiger partial charge in [0.2, 0.25) is 0 Å². The molecule has 0 bridgehead atoms. The largest absolute Gasteiger partial charge is 0.330 e. The summed E-state index contributed by atoms with van der Waals surface area (Å²) in [6, 6.07) is 0. The first-order valence-corrected chi connectivity index (χ1v) is 5.27. The molecule has 0 radical (unpaired) electrons. The molecule has 0 spiro atoms. The average molecular weight is 172 g/mol. The van der Waals surface area contributed by atoms with Gasteiger partial charge in [-0.05, 0) is 39.0 Å². The smallest absolute Gasteiger partial charge is 0.00190 e. The molecule has 0 aromatic heterocycles.